The van der Waals surface area contributed by atoms with Crippen molar-refractivity contribution in [2.45, 2.75) is 32.6 Å². The first-order valence-electron chi connectivity index (χ1n) is 4.42. The summed E-state index contributed by atoms with van der Waals surface area (Å²) in [5, 5.41) is 3.38. The monoisotopic (exact) mass is 362 g/mol. The van der Waals surface area contributed by atoms with Crippen LogP contribution in [0.2, 0.25) is 0 Å². The van der Waals surface area contributed by atoms with E-state index in [9.17, 15) is 0 Å². The van der Waals surface area contributed by atoms with Crippen molar-refractivity contribution < 1.29 is 0 Å². The largest absolute Gasteiger partial charge is 0.0928 e. The number of rotatable bonds is 7. The lowest BCUT2D eigenvalue weighted by molar-refractivity contribution is 0.249. The van der Waals surface area contributed by atoms with Crippen molar-refractivity contribution in [2.24, 2.45) is 5.41 Å². The summed E-state index contributed by atoms with van der Waals surface area (Å²) < 4.78 is 0. The normalized spacial score (nSPS) is 12.0. The molecule has 0 aromatic heterocycles. The highest BCUT2D eigenvalue weighted by Crippen LogP contribution is 2.36. The van der Waals surface area contributed by atoms with Crippen LogP contribution in [0.5, 0.6) is 0 Å². The molecule has 0 aliphatic heterocycles. The molecule has 0 nitrogen and oxygen atoms in total. The van der Waals surface area contributed by atoms with Crippen LogP contribution in [0, 0.1) is 5.41 Å². The highest BCUT2D eigenvalue weighted by Gasteiger charge is 2.25. The summed E-state index contributed by atoms with van der Waals surface area (Å²) in [7, 11) is 0. The van der Waals surface area contributed by atoms with E-state index in [-0.39, 0.29) is 0 Å². The fraction of sp³-hybridized carbons (Fsp3) is 1.00. The molecule has 0 aromatic carbocycles. The van der Waals surface area contributed by atoms with Crippen LogP contribution >= 0.6 is 47.8 Å². The summed E-state index contributed by atoms with van der Waals surface area (Å²) in [6.07, 6.45) is 5.16. The van der Waals surface area contributed by atoms with Gasteiger partial charge in [0, 0.05) is 16.0 Å². The van der Waals surface area contributed by atoms with Gasteiger partial charge in [0.1, 0.15) is 0 Å². The molecule has 0 amide bonds. The minimum Gasteiger partial charge on any atom is -0.0928 e. The Morgan fingerprint density at radius 3 is 1.33 bits per heavy atom. The van der Waals surface area contributed by atoms with E-state index in [2.05, 4.69) is 54.7 Å². The minimum absolute atomic E-state index is 0.552. The zero-order chi connectivity index (χ0) is 9.45. The Morgan fingerprint density at radius 1 is 0.833 bits per heavy atom. The first kappa shape index (κ1) is 13.4. The first-order chi connectivity index (χ1) is 5.74. The fourth-order valence-corrected chi connectivity index (χ4v) is 4.03. The molecule has 12 heavy (non-hydrogen) atoms. The lowest BCUT2D eigenvalue weighted by atomic mass is 9.78. The Labute approximate surface area is 101 Å². The minimum atomic E-state index is 0.552. The Balaban J connectivity index is 4.06. The van der Waals surface area contributed by atoms with E-state index in [1.54, 1.807) is 0 Å². The molecular weight excluding hydrogens is 348 g/mol. The van der Waals surface area contributed by atoms with Crippen LogP contribution in [-0.4, -0.2) is 16.0 Å². The van der Waals surface area contributed by atoms with Crippen LogP contribution in [0.4, 0.5) is 0 Å². The number of alkyl halides is 3. The summed E-state index contributed by atoms with van der Waals surface area (Å²) in [5.74, 6) is 0. The molecule has 0 atom stereocenters. The van der Waals surface area contributed by atoms with Crippen molar-refractivity contribution in [3.05, 3.63) is 0 Å². The summed E-state index contributed by atoms with van der Waals surface area (Å²) in [6, 6.07) is 0. The predicted molar refractivity (Wildman–Crippen MR) is 68.0 cm³/mol. The van der Waals surface area contributed by atoms with Crippen LogP contribution in [0.1, 0.15) is 32.6 Å². The van der Waals surface area contributed by atoms with Crippen LogP contribution in [0.15, 0.2) is 0 Å². The summed E-state index contributed by atoms with van der Waals surface area (Å²) in [4.78, 5) is 0. The molecule has 0 bridgehead atoms. The Kier molecular flexibility index (Phi) is 8.74. The SMILES string of the molecule is CCC(CCBr)(CCBr)CCBr. The maximum Gasteiger partial charge on any atom is 0.00365 e. The molecule has 0 aromatic rings. The summed E-state index contributed by atoms with van der Waals surface area (Å²) >= 11 is 10.6. The zero-order valence-electron chi connectivity index (χ0n) is 7.58. The quantitative estimate of drug-likeness (QED) is 0.572. The molecule has 0 aliphatic rings. The van der Waals surface area contributed by atoms with Crippen LogP contribution in [0.3, 0.4) is 0 Å². The standard InChI is InChI=1S/C9H17Br3/c1-2-9(3-6-10,4-7-11)5-8-12/h2-8H2,1H3. The van der Waals surface area contributed by atoms with Gasteiger partial charge in [-0.3, -0.25) is 0 Å². The van der Waals surface area contributed by atoms with E-state index in [0.29, 0.717) is 5.41 Å². The second-order valence-electron chi connectivity index (χ2n) is 3.17. The third kappa shape index (κ3) is 4.61. The molecular formula is C9H17Br3. The number of hydrogen-bond acceptors (Lipinski definition) is 0. The Morgan fingerprint density at radius 2 is 1.17 bits per heavy atom. The molecule has 0 heterocycles. The van der Waals surface area contributed by atoms with Crippen LogP contribution in [-0.2, 0) is 0 Å². The van der Waals surface area contributed by atoms with E-state index >= 15 is 0 Å². The molecule has 0 radical (unpaired) electrons. The maximum atomic E-state index is 3.54. The van der Waals surface area contributed by atoms with E-state index in [1.807, 2.05) is 0 Å². The first-order valence-corrected chi connectivity index (χ1v) is 7.79. The molecule has 0 rings (SSSR count). The van der Waals surface area contributed by atoms with Gasteiger partial charge in [0.2, 0.25) is 0 Å². The van der Waals surface area contributed by atoms with Gasteiger partial charge in [0.25, 0.3) is 0 Å². The molecule has 0 saturated heterocycles. The van der Waals surface area contributed by atoms with Crippen molar-refractivity contribution in [2.75, 3.05) is 16.0 Å². The van der Waals surface area contributed by atoms with E-state index in [1.165, 1.54) is 25.7 Å². The third-order valence-corrected chi connectivity index (χ3v) is 3.81. The fourth-order valence-electron chi connectivity index (χ4n) is 1.51. The Hall–Kier alpha value is 1.44. The van der Waals surface area contributed by atoms with Gasteiger partial charge >= 0.3 is 0 Å². The molecule has 0 fully saturated rings. The van der Waals surface area contributed by atoms with Crippen molar-refractivity contribution >= 4 is 47.8 Å². The lowest BCUT2D eigenvalue weighted by Gasteiger charge is -2.31. The average Bonchev–Trinajstić information content (AvgIpc) is 2.06. The maximum absolute atomic E-state index is 3.54. The van der Waals surface area contributed by atoms with E-state index in [4.69, 9.17) is 0 Å². The topological polar surface area (TPSA) is 0 Å². The molecule has 74 valence electrons. The highest BCUT2D eigenvalue weighted by atomic mass is 79.9. The molecule has 0 N–H and O–H groups in total. The van der Waals surface area contributed by atoms with Gasteiger partial charge in [0.05, 0.1) is 0 Å². The van der Waals surface area contributed by atoms with E-state index in [0.717, 1.165) is 16.0 Å². The third-order valence-electron chi connectivity index (χ3n) is 2.62. The van der Waals surface area contributed by atoms with Crippen molar-refractivity contribution in [3.63, 3.8) is 0 Å². The van der Waals surface area contributed by atoms with Gasteiger partial charge in [-0.15, -0.1) is 0 Å². The molecule has 0 saturated carbocycles. The predicted octanol–water partition coefficient (Wildman–Crippen LogP) is 4.74. The molecule has 0 unspecified atom stereocenters. The Bertz CT molecular complexity index is 86.9. The van der Waals surface area contributed by atoms with E-state index < -0.39 is 0 Å². The van der Waals surface area contributed by atoms with Crippen molar-refractivity contribution in [3.8, 4) is 0 Å². The number of hydrogen-bond donors (Lipinski definition) is 0. The van der Waals surface area contributed by atoms with Gasteiger partial charge in [-0.2, -0.15) is 0 Å². The van der Waals surface area contributed by atoms with Crippen molar-refractivity contribution in [1.82, 2.24) is 0 Å². The second kappa shape index (κ2) is 7.81. The van der Waals surface area contributed by atoms with Crippen molar-refractivity contribution in [1.29, 1.82) is 0 Å². The molecule has 0 aliphatic carbocycles. The van der Waals surface area contributed by atoms with Gasteiger partial charge in [-0.25, -0.2) is 0 Å². The summed E-state index contributed by atoms with van der Waals surface area (Å²) in [5.41, 5.74) is 0.552. The van der Waals surface area contributed by atoms with Gasteiger partial charge in [0.15, 0.2) is 0 Å². The van der Waals surface area contributed by atoms with Gasteiger partial charge < -0.3 is 0 Å². The summed E-state index contributed by atoms with van der Waals surface area (Å²) in [6.45, 7) is 2.30. The highest BCUT2D eigenvalue weighted by molar-refractivity contribution is 9.09. The van der Waals surface area contributed by atoms with Gasteiger partial charge in [-0.05, 0) is 24.7 Å². The number of halogens is 3. The van der Waals surface area contributed by atoms with Gasteiger partial charge in [-0.1, -0.05) is 61.1 Å². The molecule has 3 heteroatoms. The van der Waals surface area contributed by atoms with Crippen LogP contribution in [0.25, 0.3) is 0 Å². The zero-order valence-corrected chi connectivity index (χ0v) is 12.3. The average molecular weight is 365 g/mol. The second-order valence-corrected chi connectivity index (χ2v) is 5.55. The lowest BCUT2D eigenvalue weighted by Crippen LogP contribution is -2.21. The molecule has 0 spiro atoms. The smallest absolute Gasteiger partial charge is 0.00365 e. The van der Waals surface area contributed by atoms with Crippen LogP contribution < -0.4 is 0 Å².